The first-order valence-electron chi connectivity index (χ1n) is 15.5. The summed E-state index contributed by atoms with van der Waals surface area (Å²) in [6.07, 6.45) is 13.6. The van der Waals surface area contributed by atoms with Crippen molar-refractivity contribution in [2.45, 2.75) is 33.1 Å². The van der Waals surface area contributed by atoms with Crippen molar-refractivity contribution >= 4 is 40.8 Å². The maximum absolute atomic E-state index is 5.10. The molecule has 0 radical (unpaired) electrons. The van der Waals surface area contributed by atoms with Crippen LogP contribution in [0, 0.1) is 39.6 Å². The molecular formula is C39H35BN5Pt-3. The van der Waals surface area contributed by atoms with Crippen LogP contribution < -0.4 is 26.3 Å². The summed E-state index contributed by atoms with van der Waals surface area (Å²) in [5.74, 6) is 1.22. The third-order valence-electron chi connectivity index (χ3n) is 8.60. The quantitative estimate of drug-likeness (QED) is 0.148. The van der Waals surface area contributed by atoms with Gasteiger partial charge in [-0.1, -0.05) is 82.5 Å². The Morgan fingerprint density at radius 1 is 0.870 bits per heavy atom. The molecule has 5 aromatic rings. The van der Waals surface area contributed by atoms with Crippen LogP contribution >= 0.6 is 0 Å². The van der Waals surface area contributed by atoms with Crippen molar-refractivity contribution in [2.24, 2.45) is 12.1 Å². The number of nitrogens with zero attached hydrogens (tertiary/aromatic N) is 5. The van der Waals surface area contributed by atoms with Gasteiger partial charge in [-0.05, 0) is 39.3 Å². The van der Waals surface area contributed by atoms with Gasteiger partial charge in [0.05, 0.1) is 17.9 Å². The van der Waals surface area contributed by atoms with E-state index in [0.717, 1.165) is 45.8 Å². The zero-order chi connectivity index (χ0) is 30.9. The van der Waals surface area contributed by atoms with E-state index in [4.69, 9.17) is 4.98 Å². The van der Waals surface area contributed by atoms with E-state index in [-0.39, 0.29) is 27.8 Å². The van der Waals surface area contributed by atoms with E-state index in [1.54, 1.807) is 0 Å². The van der Waals surface area contributed by atoms with E-state index in [2.05, 4.69) is 141 Å². The molecule has 0 spiro atoms. The first-order chi connectivity index (χ1) is 21.9. The van der Waals surface area contributed by atoms with Gasteiger partial charge in [0.15, 0.2) is 6.71 Å². The van der Waals surface area contributed by atoms with Crippen LogP contribution in [0.2, 0.25) is 0 Å². The molecule has 0 bridgehead atoms. The minimum Gasteiger partial charge on any atom is -0.463 e. The van der Waals surface area contributed by atoms with Gasteiger partial charge in [0, 0.05) is 45.9 Å². The Kier molecular flexibility index (Phi) is 9.28. The van der Waals surface area contributed by atoms with Crippen molar-refractivity contribution in [1.29, 1.82) is 0 Å². The Hall–Kier alpha value is -4.41. The van der Waals surface area contributed by atoms with Gasteiger partial charge < -0.3 is 14.5 Å². The average molecular weight is 780 g/mol. The van der Waals surface area contributed by atoms with E-state index >= 15 is 0 Å². The van der Waals surface area contributed by atoms with Crippen LogP contribution in [-0.2, 0) is 28.1 Å². The Morgan fingerprint density at radius 3 is 2.35 bits per heavy atom. The largest absolute Gasteiger partial charge is 0.463 e. The summed E-state index contributed by atoms with van der Waals surface area (Å²) >= 11 is 0. The molecule has 2 aliphatic rings. The van der Waals surface area contributed by atoms with Crippen LogP contribution in [0.5, 0.6) is 0 Å². The van der Waals surface area contributed by atoms with Gasteiger partial charge in [-0.25, -0.2) is 0 Å². The molecule has 0 saturated carbocycles. The normalized spacial score (nSPS) is 15.3. The van der Waals surface area contributed by atoms with Gasteiger partial charge >= 0.3 is 0 Å². The molecule has 1 aliphatic carbocycles. The summed E-state index contributed by atoms with van der Waals surface area (Å²) in [5.41, 5.74) is 11.2. The molecule has 5 nitrogen and oxygen atoms in total. The molecule has 7 heteroatoms. The molecule has 0 unspecified atom stereocenters. The van der Waals surface area contributed by atoms with E-state index in [9.17, 15) is 0 Å². The zero-order valence-corrected chi connectivity index (χ0v) is 28.7. The van der Waals surface area contributed by atoms with Crippen LogP contribution in [0.4, 0.5) is 11.4 Å². The Balaban J connectivity index is 0.00000372. The summed E-state index contributed by atoms with van der Waals surface area (Å²) in [6, 6.07) is 35.1. The summed E-state index contributed by atoms with van der Waals surface area (Å²) in [6.45, 7) is 8.50. The molecule has 7 rings (SSSR count). The minimum atomic E-state index is -0.0755. The van der Waals surface area contributed by atoms with Crippen LogP contribution in [0.1, 0.15) is 34.7 Å². The number of hydrogen-bond acceptors (Lipinski definition) is 4. The summed E-state index contributed by atoms with van der Waals surface area (Å²) in [7, 11) is 2.07. The molecule has 4 aromatic carbocycles. The molecule has 0 fully saturated rings. The third kappa shape index (κ3) is 6.32. The van der Waals surface area contributed by atoms with Crippen LogP contribution in [-0.4, -0.2) is 22.6 Å². The number of benzene rings is 4. The summed E-state index contributed by atoms with van der Waals surface area (Å²) < 4.78 is 2.13. The second-order valence-corrected chi connectivity index (χ2v) is 11.9. The molecule has 46 heavy (non-hydrogen) atoms. The second-order valence-electron chi connectivity index (χ2n) is 11.9. The van der Waals surface area contributed by atoms with Gasteiger partial charge in [-0.3, -0.25) is 4.98 Å². The summed E-state index contributed by atoms with van der Waals surface area (Å²) in [5, 5.41) is 6.56. The standard InChI is InChI=1S/C39H35BN5.Pt/c1-28-21-29(2)38(30(3)22-28)40(34-17-12-20-36(24-34)45-27-44(26-41-45)35-18-9-6-10-19-35)33-16-11-15-32(23-33)39-42-37(25-43(39)4)31-13-7-5-8-14-31;/h5-13,15-22,25-27,31H,14H2,1-4H3;/q-3;/t31-;/m1./s1. The molecule has 232 valence electrons. The predicted molar refractivity (Wildman–Crippen MR) is 188 cm³/mol. The molecular weight excluding hydrogens is 744 g/mol. The molecule has 1 aromatic heterocycles. The maximum atomic E-state index is 5.10. The SMILES string of the molecule is Cc1cc(C)c(B(c2[c-]c(-c3nc([C@@H]4C=CC=CC4)cn3C)ccc2)c2[c-]c(N3[CH-]N(c4ccccc4)C=N3)ccc2)c(C)c1.[Pt]. The number of aryl methyl sites for hydroxylation is 4. The van der Waals surface area contributed by atoms with Gasteiger partial charge in [0.2, 0.25) is 0 Å². The van der Waals surface area contributed by atoms with E-state index in [1.165, 1.54) is 22.2 Å². The maximum Gasteiger partial charge on any atom is 0.198 e. The van der Waals surface area contributed by atoms with Crippen LogP contribution in [0.3, 0.4) is 0 Å². The van der Waals surface area contributed by atoms with Crippen molar-refractivity contribution in [3.8, 4) is 11.4 Å². The molecule has 2 heterocycles. The smallest absolute Gasteiger partial charge is 0.198 e. The Morgan fingerprint density at radius 2 is 1.61 bits per heavy atom. The van der Waals surface area contributed by atoms with Crippen molar-refractivity contribution in [3.63, 3.8) is 0 Å². The number of rotatable bonds is 7. The number of imidazole rings is 1. The molecule has 0 N–H and O–H groups in total. The molecule has 1 atom stereocenters. The van der Waals surface area contributed by atoms with Gasteiger partial charge in [-0.15, -0.1) is 42.6 Å². The third-order valence-corrected chi connectivity index (χ3v) is 8.60. The van der Waals surface area contributed by atoms with Gasteiger partial charge in [-0.2, -0.15) is 34.2 Å². The van der Waals surface area contributed by atoms with E-state index < -0.39 is 0 Å². The first kappa shape index (κ1) is 31.6. The fraction of sp³-hybridized carbons (Fsp3) is 0.154. The number of allylic oxidation sites excluding steroid dienone is 4. The zero-order valence-electron chi connectivity index (χ0n) is 26.5. The number of para-hydroxylation sites is 1. The topological polar surface area (TPSA) is 36.7 Å². The number of hydrogen-bond donors (Lipinski definition) is 0. The van der Waals surface area contributed by atoms with Gasteiger partial charge in [0.25, 0.3) is 0 Å². The Labute approximate surface area is 287 Å². The average Bonchev–Trinajstić information content (AvgIpc) is 3.71. The van der Waals surface area contributed by atoms with Crippen molar-refractivity contribution < 1.29 is 21.1 Å². The molecule has 0 saturated heterocycles. The number of anilines is 2. The van der Waals surface area contributed by atoms with Crippen molar-refractivity contribution in [1.82, 2.24) is 9.55 Å². The fourth-order valence-corrected chi connectivity index (χ4v) is 6.55. The molecule has 0 amide bonds. The van der Waals surface area contributed by atoms with E-state index in [1.807, 2.05) is 41.1 Å². The number of aromatic nitrogens is 2. The van der Waals surface area contributed by atoms with Crippen LogP contribution in [0.15, 0.2) is 114 Å². The monoisotopic (exact) mass is 779 g/mol. The fourth-order valence-electron chi connectivity index (χ4n) is 6.55. The van der Waals surface area contributed by atoms with Crippen molar-refractivity contribution in [2.75, 3.05) is 9.91 Å². The predicted octanol–water partition coefficient (Wildman–Crippen LogP) is 6.12. The minimum absolute atomic E-state index is 0. The summed E-state index contributed by atoms with van der Waals surface area (Å²) in [4.78, 5) is 7.12. The first-order valence-corrected chi connectivity index (χ1v) is 15.5. The number of hydrazone groups is 1. The van der Waals surface area contributed by atoms with E-state index in [0.29, 0.717) is 5.92 Å². The Bertz CT molecular complexity index is 1920. The second kappa shape index (κ2) is 13.5. The van der Waals surface area contributed by atoms with Crippen LogP contribution in [0.25, 0.3) is 11.4 Å². The van der Waals surface area contributed by atoms with Gasteiger partial charge in [0.1, 0.15) is 0 Å². The molecule has 1 aliphatic heterocycles. The van der Waals surface area contributed by atoms with Crippen molar-refractivity contribution in [3.05, 3.63) is 151 Å².